The Kier molecular flexibility index (Phi) is 3.41. The minimum absolute atomic E-state index is 0.557. The summed E-state index contributed by atoms with van der Waals surface area (Å²) in [5.41, 5.74) is 1.13. The van der Waals surface area contributed by atoms with Gasteiger partial charge in [0, 0.05) is 16.1 Å². The van der Waals surface area contributed by atoms with Crippen molar-refractivity contribution in [3.63, 3.8) is 0 Å². The van der Waals surface area contributed by atoms with Crippen molar-refractivity contribution in [3.8, 4) is 5.75 Å². The SMILES string of the molecule is Brc1ccccc1COc1[c]cccc1. The van der Waals surface area contributed by atoms with Crippen LogP contribution in [0.5, 0.6) is 5.75 Å². The van der Waals surface area contributed by atoms with E-state index in [4.69, 9.17) is 4.74 Å². The molecule has 0 N–H and O–H groups in total. The summed E-state index contributed by atoms with van der Waals surface area (Å²) < 4.78 is 6.66. The fraction of sp³-hybridized carbons (Fsp3) is 0.0769. The summed E-state index contributed by atoms with van der Waals surface area (Å²) in [6.45, 7) is 0.557. The molecule has 0 unspecified atom stereocenters. The van der Waals surface area contributed by atoms with Crippen LogP contribution in [0, 0.1) is 6.07 Å². The molecule has 0 aromatic heterocycles. The van der Waals surface area contributed by atoms with Crippen LogP contribution in [0.15, 0.2) is 53.0 Å². The van der Waals surface area contributed by atoms with Crippen molar-refractivity contribution < 1.29 is 4.74 Å². The third kappa shape index (κ3) is 2.83. The minimum Gasteiger partial charge on any atom is -0.488 e. The van der Waals surface area contributed by atoms with Crippen molar-refractivity contribution in [2.45, 2.75) is 6.61 Å². The van der Waals surface area contributed by atoms with Gasteiger partial charge in [0.1, 0.15) is 12.4 Å². The van der Waals surface area contributed by atoms with Crippen LogP contribution in [-0.4, -0.2) is 0 Å². The molecule has 0 aliphatic heterocycles. The zero-order valence-electron chi connectivity index (χ0n) is 8.11. The van der Waals surface area contributed by atoms with Gasteiger partial charge in [-0.05, 0) is 12.1 Å². The highest BCUT2D eigenvalue weighted by atomic mass is 79.9. The zero-order valence-corrected chi connectivity index (χ0v) is 9.70. The summed E-state index contributed by atoms with van der Waals surface area (Å²) in [4.78, 5) is 0. The molecule has 15 heavy (non-hydrogen) atoms. The normalized spacial score (nSPS) is 9.93. The molecule has 2 aromatic rings. The molecule has 0 aliphatic rings. The van der Waals surface area contributed by atoms with Crippen LogP contribution >= 0.6 is 15.9 Å². The number of para-hydroxylation sites is 1. The predicted octanol–water partition coefficient (Wildman–Crippen LogP) is 3.83. The number of benzene rings is 2. The van der Waals surface area contributed by atoms with Crippen molar-refractivity contribution in [2.24, 2.45) is 0 Å². The van der Waals surface area contributed by atoms with E-state index >= 15 is 0 Å². The molecule has 0 bridgehead atoms. The number of hydrogen-bond acceptors (Lipinski definition) is 1. The maximum absolute atomic E-state index is 5.59. The first-order chi connectivity index (χ1) is 7.36. The highest BCUT2D eigenvalue weighted by molar-refractivity contribution is 9.10. The van der Waals surface area contributed by atoms with Gasteiger partial charge in [0.15, 0.2) is 0 Å². The quantitative estimate of drug-likeness (QED) is 0.816. The first-order valence-electron chi connectivity index (χ1n) is 4.69. The molecule has 0 saturated heterocycles. The molecule has 0 heterocycles. The first-order valence-corrected chi connectivity index (χ1v) is 5.48. The molecule has 0 atom stereocenters. The van der Waals surface area contributed by atoms with E-state index in [1.807, 2.05) is 48.5 Å². The van der Waals surface area contributed by atoms with Crippen molar-refractivity contribution in [1.29, 1.82) is 0 Å². The lowest BCUT2D eigenvalue weighted by molar-refractivity contribution is 0.305. The van der Waals surface area contributed by atoms with Crippen LogP contribution in [0.2, 0.25) is 0 Å². The van der Waals surface area contributed by atoms with Crippen molar-refractivity contribution in [1.82, 2.24) is 0 Å². The number of hydrogen-bond donors (Lipinski definition) is 0. The maximum Gasteiger partial charge on any atom is 0.127 e. The van der Waals surface area contributed by atoms with Crippen molar-refractivity contribution >= 4 is 15.9 Å². The summed E-state index contributed by atoms with van der Waals surface area (Å²) in [7, 11) is 0. The van der Waals surface area contributed by atoms with Gasteiger partial charge in [-0.3, -0.25) is 0 Å². The van der Waals surface area contributed by atoms with E-state index in [9.17, 15) is 0 Å². The summed E-state index contributed by atoms with van der Waals surface area (Å²) in [5, 5.41) is 0. The van der Waals surface area contributed by atoms with Gasteiger partial charge >= 0.3 is 0 Å². The fourth-order valence-electron chi connectivity index (χ4n) is 1.24. The molecule has 2 aromatic carbocycles. The highest BCUT2D eigenvalue weighted by Crippen LogP contribution is 2.18. The molecule has 0 spiro atoms. The van der Waals surface area contributed by atoms with E-state index in [1.165, 1.54) is 0 Å². The molecule has 1 nitrogen and oxygen atoms in total. The van der Waals surface area contributed by atoms with Crippen LogP contribution in [0.4, 0.5) is 0 Å². The minimum atomic E-state index is 0.557. The van der Waals surface area contributed by atoms with Gasteiger partial charge in [-0.25, -0.2) is 0 Å². The number of ether oxygens (including phenoxy) is 1. The second-order valence-electron chi connectivity index (χ2n) is 3.11. The van der Waals surface area contributed by atoms with Gasteiger partial charge in [0.2, 0.25) is 0 Å². The second kappa shape index (κ2) is 4.99. The maximum atomic E-state index is 5.59. The summed E-state index contributed by atoms with van der Waals surface area (Å²) in [5.74, 6) is 0.772. The molecule has 0 saturated carbocycles. The fourth-order valence-corrected chi connectivity index (χ4v) is 1.64. The third-order valence-corrected chi connectivity index (χ3v) is 2.80. The number of halogens is 1. The molecule has 0 fully saturated rings. The molecular formula is C13H10BrO. The molecule has 0 aliphatic carbocycles. The van der Waals surface area contributed by atoms with Crippen molar-refractivity contribution in [2.75, 3.05) is 0 Å². The Morgan fingerprint density at radius 3 is 2.60 bits per heavy atom. The predicted molar refractivity (Wildman–Crippen MR) is 63.8 cm³/mol. The zero-order chi connectivity index (χ0) is 10.5. The molecule has 2 rings (SSSR count). The third-order valence-electron chi connectivity index (χ3n) is 2.02. The first kappa shape index (κ1) is 10.2. The van der Waals surface area contributed by atoms with Gasteiger partial charge in [0.05, 0.1) is 0 Å². The summed E-state index contributed by atoms with van der Waals surface area (Å²) in [6, 6.07) is 18.6. The lowest BCUT2D eigenvalue weighted by atomic mass is 10.2. The van der Waals surface area contributed by atoms with Crippen molar-refractivity contribution in [3.05, 3.63) is 64.6 Å². The van der Waals surface area contributed by atoms with Crippen LogP contribution < -0.4 is 4.74 Å². The largest absolute Gasteiger partial charge is 0.488 e. The Bertz CT molecular complexity index is 426. The number of rotatable bonds is 3. The molecule has 0 amide bonds. The van der Waals surface area contributed by atoms with Crippen LogP contribution in [-0.2, 0) is 6.61 Å². The molecule has 2 heteroatoms. The molecule has 75 valence electrons. The van der Waals surface area contributed by atoms with E-state index in [2.05, 4.69) is 22.0 Å². The van der Waals surface area contributed by atoms with Gasteiger partial charge in [0.25, 0.3) is 0 Å². The molecular weight excluding hydrogens is 252 g/mol. The molecule has 1 radical (unpaired) electrons. The topological polar surface area (TPSA) is 9.23 Å². The lowest BCUT2D eigenvalue weighted by Gasteiger charge is -2.06. The van der Waals surface area contributed by atoms with Gasteiger partial charge < -0.3 is 4.74 Å². The van der Waals surface area contributed by atoms with E-state index in [0.717, 1.165) is 15.8 Å². The second-order valence-corrected chi connectivity index (χ2v) is 3.96. The van der Waals surface area contributed by atoms with Gasteiger partial charge in [-0.2, -0.15) is 0 Å². The standard InChI is InChI=1S/C13H10BrO/c14-13-9-5-4-6-11(13)10-15-12-7-2-1-3-8-12/h1-7,9H,10H2. The Morgan fingerprint density at radius 1 is 1.07 bits per heavy atom. The Hall–Kier alpha value is -1.28. The van der Waals surface area contributed by atoms with Crippen LogP contribution in [0.3, 0.4) is 0 Å². The van der Waals surface area contributed by atoms with Crippen LogP contribution in [0.25, 0.3) is 0 Å². The van der Waals surface area contributed by atoms with E-state index < -0.39 is 0 Å². The van der Waals surface area contributed by atoms with Gasteiger partial charge in [-0.15, -0.1) is 0 Å². The van der Waals surface area contributed by atoms with E-state index in [-0.39, 0.29) is 0 Å². The van der Waals surface area contributed by atoms with Gasteiger partial charge in [-0.1, -0.05) is 52.3 Å². The Balaban J connectivity index is 2.03. The monoisotopic (exact) mass is 261 g/mol. The van der Waals surface area contributed by atoms with E-state index in [1.54, 1.807) is 0 Å². The average Bonchev–Trinajstić information content (AvgIpc) is 2.29. The lowest BCUT2D eigenvalue weighted by Crippen LogP contribution is -1.95. The summed E-state index contributed by atoms with van der Waals surface area (Å²) in [6.07, 6.45) is 0. The van der Waals surface area contributed by atoms with E-state index in [0.29, 0.717) is 6.61 Å². The van der Waals surface area contributed by atoms with Crippen LogP contribution in [0.1, 0.15) is 5.56 Å². The average molecular weight is 262 g/mol. The Labute approximate surface area is 97.8 Å². The summed E-state index contributed by atoms with van der Waals surface area (Å²) >= 11 is 3.48. The highest BCUT2D eigenvalue weighted by Gasteiger charge is 1.99. The smallest absolute Gasteiger partial charge is 0.127 e. The Morgan fingerprint density at radius 2 is 1.87 bits per heavy atom.